The molecule has 2 N–H and O–H groups in total. The number of carbonyl (C=O) groups is 1. The number of urea groups is 1. The van der Waals surface area contributed by atoms with Gasteiger partial charge in [0.1, 0.15) is 5.75 Å². The quantitative estimate of drug-likeness (QED) is 0.782. The Labute approximate surface area is 89.6 Å². The average molecular weight is 207 g/mol. The smallest absolute Gasteiger partial charge is 0.315 e. The SMILES string of the molecule is [CH2]CNC(=O)NCc1ccc(OC)cc1. The highest BCUT2D eigenvalue weighted by Crippen LogP contribution is 2.10. The van der Waals surface area contributed by atoms with Gasteiger partial charge in [0, 0.05) is 13.1 Å². The molecule has 0 atom stereocenters. The van der Waals surface area contributed by atoms with Crippen molar-refractivity contribution in [3.63, 3.8) is 0 Å². The van der Waals surface area contributed by atoms with Gasteiger partial charge < -0.3 is 15.4 Å². The van der Waals surface area contributed by atoms with E-state index in [1.165, 1.54) is 0 Å². The number of carbonyl (C=O) groups excluding carboxylic acids is 1. The lowest BCUT2D eigenvalue weighted by atomic mass is 10.2. The van der Waals surface area contributed by atoms with Gasteiger partial charge >= 0.3 is 6.03 Å². The molecule has 1 aromatic rings. The molecular formula is C11H15N2O2. The van der Waals surface area contributed by atoms with Gasteiger partial charge in [-0.15, -0.1) is 0 Å². The zero-order chi connectivity index (χ0) is 11.1. The van der Waals surface area contributed by atoms with Crippen LogP contribution in [0.5, 0.6) is 5.75 Å². The first-order valence-corrected chi connectivity index (χ1v) is 4.70. The predicted octanol–water partition coefficient (Wildman–Crippen LogP) is 1.33. The van der Waals surface area contributed by atoms with Crippen LogP contribution in [0.15, 0.2) is 24.3 Å². The summed E-state index contributed by atoms with van der Waals surface area (Å²) in [5.74, 6) is 0.806. The Hall–Kier alpha value is -1.71. The number of ether oxygens (including phenoxy) is 1. The van der Waals surface area contributed by atoms with Crippen LogP contribution in [0.2, 0.25) is 0 Å². The number of nitrogens with one attached hydrogen (secondary N) is 2. The van der Waals surface area contributed by atoms with Crippen molar-refractivity contribution < 1.29 is 9.53 Å². The van der Waals surface area contributed by atoms with Crippen LogP contribution in [0.25, 0.3) is 0 Å². The maximum atomic E-state index is 11.1. The van der Waals surface area contributed by atoms with E-state index in [2.05, 4.69) is 17.6 Å². The lowest BCUT2D eigenvalue weighted by Gasteiger charge is -2.06. The van der Waals surface area contributed by atoms with E-state index in [-0.39, 0.29) is 6.03 Å². The molecule has 1 aromatic carbocycles. The molecule has 4 heteroatoms. The molecule has 0 fully saturated rings. The molecule has 0 heterocycles. The minimum absolute atomic E-state index is 0.208. The normalized spacial score (nSPS) is 9.47. The van der Waals surface area contributed by atoms with Crippen molar-refractivity contribution in [1.82, 2.24) is 10.6 Å². The Morgan fingerprint density at radius 1 is 1.33 bits per heavy atom. The Morgan fingerprint density at radius 3 is 2.53 bits per heavy atom. The van der Waals surface area contributed by atoms with Crippen LogP contribution >= 0.6 is 0 Å². The third-order valence-corrected chi connectivity index (χ3v) is 1.90. The number of hydrogen-bond donors (Lipinski definition) is 2. The van der Waals surface area contributed by atoms with E-state index in [1.807, 2.05) is 24.3 Å². The van der Waals surface area contributed by atoms with Crippen LogP contribution < -0.4 is 15.4 Å². The van der Waals surface area contributed by atoms with Crippen molar-refractivity contribution in [2.75, 3.05) is 13.7 Å². The van der Waals surface area contributed by atoms with Gasteiger partial charge in [-0.3, -0.25) is 0 Å². The standard InChI is InChI=1S/C11H15N2O2/c1-3-12-11(14)13-8-9-4-6-10(15-2)7-5-9/h4-7H,1,3,8H2,2H3,(H2,12,13,14). The highest BCUT2D eigenvalue weighted by molar-refractivity contribution is 5.73. The molecule has 0 saturated heterocycles. The van der Waals surface area contributed by atoms with Crippen molar-refractivity contribution in [1.29, 1.82) is 0 Å². The van der Waals surface area contributed by atoms with Gasteiger partial charge in [-0.1, -0.05) is 12.1 Å². The lowest BCUT2D eigenvalue weighted by Crippen LogP contribution is -2.34. The van der Waals surface area contributed by atoms with Gasteiger partial charge in [0.2, 0.25) is 0 Å². The summed E-state index contributed by atoms with van der Waals surface area (Å²) in [5, 5.41) is 5.26. The molecule has 1 radical (unpaired) electrons. The molecule has 0 unspecified atom stereocenters. The minimum Gasteiger partial charge on any atom is -0.497 e. The van der Waals surface area contributed by atoms with Crippen molar-refractivity contribution in [3.05, 3.63) is 36.8 Å². The summed E-state index contributed by atoms with van der Waals surface area (Å²) >= 11 is 0. The van der Waals surface area contributed by atoms with Crippen molar-refractivity contribution in [3.8, 4) is 5.75 Å². The van der Waals surface area contributed by atoms with E-state index < -0.39 is 0 Å². The largest absolute Gasteiger partial charge is 0.497 e. The second-order valence-electron chi connectivity index (χ2n) is 2.96. The zero-order valence-corrected chi connectivity index (χ0v) is 8.75. The van der Waals surface area contributed by atoms with Crippen LogP contribution in [0.1, 0.15) is 5.56 Å². The van der Waals surface area contributed by atoms with Crippen LogP contribution in [0.4, 0.5) is 4.79 Å². The number of methoxy groups -OCH3 is 1. The molecule has 0 bridgehead atoms. The van der Waals surface area contributed by atoms with Crippen LogP contribution in [0, 0.1) is 6.92 Å². The molecule has 0 saturated carbocycles. The molecule has 0 aliphatic carbocycles. The van der Waals surface area contributed by atoms with Crippen LogP contribution in [-0.4, -0.2) is 19.7 Å². The van der Waals surface area contributed by atoms with E-state index in [4.69, 9.17) is 4.74 Å². The number of rotatable bonds is 4. The third-order valence-electron chi connectivity index (χ3n) is 1.90. The number of benzene rings is 1. The first-order valence-electron chi connectivity index (χ1n) is 4.70. The highest BCUT2D eigenvalue weighted by Gasteiger charge is 1.98. The maximum absolute atomic E-state index is 11.1. The Kier molecular flexibility index (Phi) is 4.47. The minimum atomic E-state index is -0.208. The van der Waals surface area contributed by atoms with Crippen molar-refractivity contribution >= 4 is 6.03 Å². The van der Waals surface area contributed by atoms with Gasteiger partial charge in [0.05, 0.1) is 7.11 Å². The molecule has 0 aliphatic rings. The molecule has 4 nitrogen and oxygen atoms in total. The summed E-state index contributed by atoms with van der Waals surface area (Å²) in [4.78, 5) is 11.1. The molecule has 15 heavy (non-hydrogen) atoms. The van der Waals surface area contributed by atoms with Crippen molar-refractivity contribution in [2.45, 2.75) is 6.54 Å². The van der Waals surface area contributed by atoms with Crippen molar-refractivity contribution in [2.24, 2.45) is 0 Å². The topological polar surface area (TPSA) is 50.4 Å². The van der Waals surface area contributed by atoms with Gasteiger partial charge in [0.25, 0.3) is 0 Å². The Morgan fingerprint density at radius 2 is 2.00 bits per heavy atom. The first-order chi connectivity index (χ1) is 7.26. The average Bonchev–Trinajstić information content (AvgIpc) is 2.27. The van der Waals surface area contributed by atoms with Gasteiger partial charge in [0.15, 0.2) is 0 Å². The maximum Gasteiger partial charge on any atom is 0.315 e. The molecule has 0 aromatic heterocycles. The summed E-state index contributed by atoms with van der Waals surface area (Å²) in [6.45, 7) is 4.39. The summed E-state index contributed by atoms with van der Waals surface area (Å²) < 4.78 is 5.03. The van der Waals surface area contributed by atoms with Crippen LogP contribution in [0.3, 0.4) is 0 Å². The second-order valence-corrected chi connectivity index (χ2v) is 2.96. The second kappa shape index (κ2) is 5.90. The fourth-order valence-corrected chi connectivity index (χ4v) is 1.10. The summed E-state index contributed by atoms with van der Waals surface area (Å²) in [6.07, 6.45) is 0. The fraction of sp³-hybridized carbons (Fsp3) is 0.273. The zero-order valence-electron chi connectivity index (χ0n) is 8.75. The molecule has 0 spiro atoms. The Bertz CT molecular complexity index is 309. The third kappa shape index (κ3) is 3.89. The molecule has 1 rings (SSSR count). The Balaban J connectivity index is 2.40. The van der Waals surface area contributed by atoms with Gasteiger partial charge in [-0.25, -0.2) is 4.79 Å². The number of amides is 2. The fourth-order valence-electron chi connectivity index (χ4n) is 1.10. The first kappa shape index (κ1) is 11.4. The predicted molar refractivity (Wildman–Crippen MR) is 58.6 cm³/mol. The van der Waals surface area contributed by atoms with E-state index in [1.54, 1.807) is 7.11 Å². The van der Waals surface area contributed by atoms with Crippen LogP contribution in [-0.2, 0) is 6.54 Å². The van der Waals surface area contributed by atoms with Gasteiger partial charge in [-0.05, 0) is 24.6 Å². The summed E-state index contributed by atoms with van der Waals surface area (Å²) in [7, 11) is 1.62. The number of hydrogen-bond acceptors (Lipinski definition) is 2. The van der Waals surface area contributed by atoms with E-state index in [0.29, 0.717) is 13.1 Å². The summed E-state index contributed by atoms with van der Waals surface area (Å²) in [6, 6.07) is 7.32. The van der Waals surface area contributed by atoms with E-state index in [0.717, 1.165) is 11.3 Å². The monoisotopic (exact) mass is 207 g/mol. The van der Waals surface area contributed by atoms with E-state index >= 15 is 0 Å². The molecule has 81 valence electrons. The lowest BCUT2D eigenvalue weighted by molar-refractivity contribution is 0.241. The molecular weight excluding hydrogens is 192 g/mol. The molecule has 0 aliphatic heterocycles. The molecule has 2 amide bonds. The summed E-state index contributed by atoms with van der Waals surface area (Å²) in [5.41, 5.74) is 1.02. The van der Waals surface area contributed by atoms with E-state index in [9.17, 15) is 4.79 Å². The van der Waals surface area contributed by atoms with Gasteiger partial charge in [-0.2, -0.15) is 0 Å². The highest BCUT2D eigenvalue weighted by atomic mass is 16.5.